The van der Waals surface area contributed by atoms with Gasteiger partial charge in [-0.25, -0.2) is 9.59 Å². The maximum absolute atomic E-state index is 11.8. The molecule has 0 heterocycles. The Morgan fingerprint density at radius 1 is 1.33 bits per heavy atom. The molecule has 6 nitrogen and oxygen atoms in total. The summed E-state index contributed by atoms with van der Waals surface area (Å²) in [6, 6.07) is -0.326. The fourth-order valence-corrected chi connectivity index (χ4v) is 2.06. The van der Waals surface area contributed by atoms with Gasteiger partial charge in [0.1, 0.15) is 0 Å². The standard InChI is InChI=1S/C12H22N2O4/c1-8-4-6-9(7-5-8)13-12(17)14(2)10(15)11(16)18-3/h8-10,15H,4-7H2,1-3H3,(H,13,17)/t8-,9-,10?. The lowest BCUT2D eigenvalue weighted by Crippen LogP contribution is -2.50. The van der Waals surface area contributed by atoms with Crippen molar-refractivity contribution >= 4 is 12.0 Å². The topological polar surface area (TPSA) is 78.9 Å². The molecule has 1 aliphatic carbocycles. The van der Waals surface area contributed by atoms with E-state index in [1.54, 1.807) is 0 Å². The van der Waals surface area contributed by atoms with Gasteiger partial charge in [0, 0.05) is 13.1 Å². The molecule has 0 spiro atoms. The Morgan fingerprint density at radius 2 is 1.89 bits per heavy atom. The van der Waals surface area contributed by atoms with Crippen molar-refractivity contribution in [3.63, 3.8) is 0 Å². The first-order chi connectivity index (χ1) is 8.45. The van der Waals surface area contributed by atoms with Crippen molar-refractivity contribution < 1.29 is 19.4 Å². The van der Waals surface area contributed by atoms with Crippen LogP contribution in [-0.4, -0.2) is 48.4 Å². The van der Waals surface area contributed by atoms with Crippen LogP contribution in [0.25, 0.3) is 0 Å². The van der Waals surface area contributed by atoms with Gasteiger partial charge in [0.2, 0.25) is 6.23 Å². The average molecular weight is 258 g/mol. The molecule has 2 N–H and O–H groups in total. The summed E-state index contributed by atoms with van der Waals surface area (Å²) in [5, 5.41) is 12.3. The second-order valence-corrected chi connectivity index (χ2v) is 4.91. The number of ether oxygens (including phenoxy) is 1. The number of urea groups is 1. The Hall–Kier alpha value is -1.30. The van der Waals surface area contributed by atoms with E-state index in [0.29, 0.717) is 5.92 Å². The molecule has 0 saturated heterocycles. The summed E-state index contributed by atoms with van der Waals surface area (Å²) in [4.78, 5) is 23.8. The molecule has 6 heteroatoms. The molecule has 1 atom stereocenters. The molecule has 0 bridgehead atoms. The van der Waals surface area contributed by atoms with Gasteiger partial charge >= 0.3 is 12.0 Å². The fraction of sp³-hybridized carbons (Fsp3) is 0.833. The number of aliphatic hydroxyl groups is 1. The third kappa shape index (κ3) is 3.87. The van der Waals surface area contributed by atoms with Gasteiger partial charge in [-0.15, -0.1) is 0 Å². The van der Waals surface area contributed by atoms with Gasteiger partial charge in [-0.2, -0.15) is 0 Å². The Labute approximate surface area is 107 Å². The maximum atomic E-state index is 11.8. The summed E-state index contributed by atoms with van der Waals surface area (Å²) >= 11 is 0. The van der Waals surface area contributed by atoms with Gasteiger partial charge in [-0.05, 0) is 31.6 Å². The lowest BCUT2D eigenvalue weighted by molar-refractivity contribution is -0.157. The minimum absolute atomic E-state index is 0.126. The van der Waals surface area contributed by atoms with Crippen LogP contribution in [0.5, 0.6) is 0 Å². The summed E-state index contributed by atoms with van der Waals surface area (Å²) in [6.07, 6.45) is 2.50. The summed E-state index contributed by atoms with van der Waals surface area (Å²) < 4.78 is 4.38. The van der Waals surface area contributed by atoms with E-state index >= 15 is 0 Å². The van der Waals surface area contributed by atoms with E-state index in [1.165, 1.54) is 14.2 Å². The quantitative estimate of drug-likeness (QED) is 0.577. The summed E-state index contributed by atoms with van der Waals surface area (Å²) in [6.45, 7) is 2.20. The Bertz CT molecular complexity index is 300. The number of amides is 2. The van der Waals surface area contributed by atoms with Crippen molar-refractivity contribution in [2.75, 3.05) is 14.2 Å². The largest absolute Gasteiger partial charge is 0.466 e. The Morgan fingerprint density at radius 3 is 2.39 bits per heavy atom. The number of aliphatic hydroxyl groups excluding tert-OH is 1. The number of rotatable bonds is 3. The van der Waals surface area contributed by atoms with E-state index in [9.17, 15) is 14.7 Å². The normalized spacial score (nSPS) is 25.1. The molecular formula is C12H22N2O4. The van der Waals surface area contributed by atoms with Crippen LogP contribution < -0.4 is 5.32 Å². The van der Waals surface area contributed by atoms with Crippen LogP contribution >= 0.6 is 0 Å². The molecule has 1 aliphatic rings. The van der Waals surface area contributed by atoms with Gasteiger partial charge in [0.15, 0.2) is 0 Å². The molecule has 0 aromatic carbocycles. The Kier molecular flexibility index (Phi) is 5.40. The van der Waals surface area contributed by atoms with Crippen molar-refractivity contribution in [1.29, 1.82) is 0 Å². The molecule has 1 rings (SSSR count). The molecule has 2 amide bonds. The second-order valence-electron chi connectivity index (χ2n) is 4.91. The molecule has 1 fully saturated rings. The van der Waals surface area contributed by atoms with Gasteiger partial charge in [0.25, 0.3) is 0 Å². The van der Waals surface area contributed by atoms with E-state index in [2.05, 4.69) is 17.0 Å². The minimum atomic E-state index is -1.56. The van der Waals surface area contributed by atoms with Crippen LogP contribution in [0.3, 0.4) is 0 Å². The monoisotopic (exact) mass is 258 g/mol. The number of esters is 1. The maximum Gasteiger partial charge on any atom is 0.356 e. The van der Waals surface area contributed by atoms with Crippen molar-refractivity contribution in [3.05, 3.63) is 0 Å². The van der Waals surface area contributed by atoms with Gasteiger partial charge in [0.05, 0.1) is 7.11 Å². The molecule has 104 valence electrons. The van der Waals surface area contributed by atoms with Crippen LogP contribution in [0, 0.1) is 5.92 Å². The van der Waals surface area contributed by atoms with Crippen molar-refractivity contribution in [2.45, 2.75) is 44.9 Å². The zero-order valence-electron chi connectivity index (χ0n) is 11.2. The minimum Gasteiger partial charge on any atom is -0.466 e. The summed E-state index contributed by atoms with van der Waals surface area (Å²) in [5.74, 6) is -0.138. The number of likely N-dealkylation sites (N-methyl/N-ethyl adjacent to an activating group) is 1. The summed E-state index contributed by atoms with van der Waals surface area (Å²) in [7, 11) is 2.53. The average Bonchev–Trinajstić information content (AvgIpc) is 2.38. The molecule has 18 heavy (non-hydrogen) atoms. The van der Waals surface area contributed by atoms with E-state index in [0.717, 1.165) is 30.6 Å². The fourth-order valence-electron chi connectivity index (χ4n) is 2.06. The van der Waals surface area contributed by atoms with Crippen LogP contribution in [0.4, 0.5) is 4.79 Å². The molecule has 1 saturated carbocycles. The smallest absolute Gasteiger partial charge is 0.356 e. The first-order valence-electron chi connectivity index (χ1n) is 6.25. The lowest BCUT2D eigenvalue weighted by Gasteiger charge is -2.29. The van der Waals surface area contributed by atoms with E-state index in [1.807, 2.05) is 0 Å². The van der Waals surface area contributed by atoms with Crippen LogP contribution in [0.1, 0.15) is 32.6 Å². The van der Waals surface area contributed by atoms with Gasteiger partial charge in [-0.3, -0.25) is 4.90 Å². The zero-order chi connectivity index (χ0) is 13.7. The highest BCUT2D eigenvalue weighted by molar-refractivity contribution is 5.82. The van der Waals surface area contributed by atoms with E-state index in [4.69, 9.17) is 0 Å². The zero-order valence-corrected chi connectivity index (χ0v) is 11.2. The number of carbonyl (C=O) groups excluding carboxylic acids is 2. The highest BCUT2D eigenvalue weighted by Gasteiger charge is 2.27. The van der Waals surface area contributed by atoms with E-state index < -0.39 is 18.2 Å². The molecule has 0 aromatic rings. The van der Waals surface area contributed by atoms with Crippen molar-refractivity contribution in [2.24, 2.45) is 5.92 Å². The molecule has 0 aromatic heterocycles. The molecular weight excluding hydrogens is 236 g/mol. The van der Waals surface area contributed by atoms with Gasteiger partial charge in [-0.1, -0.05) is 6.92 Å². The number of nitrogens with one attached hydrogen (secondary N) is 1. The predicted octanol–water partition coefficient (Wildman–Crippen LogP) is 0.698. The van der Waals surface area contributed by atoms with Crippen molar-refractivity contribution in [1.82, 2.24) is 10.2 Å². The Balaban J connectivity index is 2.42. The first kappa shape index (κ1) is 14.8. The second kappa shape index (κ2) is 6.58. The third-order valence-corrected chi connectivity index (χ3v) is 3.44. The lowest BCUT2D eigenvalue weighted by atomic mass is 9.87. The molecule has 0 aliphatic heterocycles. The number of nitrogens with zero attached hydrogens (tertiary/aromatic N) is 1. The number of carbonyl (C=O) groups is 2. The summed E-state index contributed by atoms with van der Waals surface area (Å²) in [5.41, 5.74) is 0. The first-order valence-corrected chi connectivity index (χ1v) is 6.25. The third-order valence-electron chi connectivity index (χ3n) is 3.44. The highest BCUT2D eigenvalue weighted by atomic mass is 16.5. The SMILES string of the molecule is COC(=O)C(O)N(C)C(=O)N[C@H]1CC[C@H](C)CC1. The van der Waals surface area contributed by atoms with Crippen LogP contribution in [-0.2, 0) is 9.53 Å². The van der Waals surface area contributed by atoms with Crippen molar-refractivity contribution in [3.8, 4) is 0 Å². The van der Waals surface area contributed by atoms with Crippen LogP contribution in [0.15, 0.2) is 0 Å². The van der Waals surface area contributed by atoms with Gasteiger partial charge < -0.3 is 15.2 Å². The molecule has 0 radical (unpaired) electrons. The number of hydrogen-bond acceptors (Lipinski definition) is 4. The molecule has 1 unspecified atom stereocenters. The number of hydrogen-bond donors (Lipinski definition) is 2. The van der Waals surface area contributed by atoms with E-state index in [-0.39, 0.29) is 6.04 Å². The van der Waals surface area contributed by atoms with Crippen LogP contribution in [0.2, 0.25) is 0 Å². The highest BCUT2D eigenvalue weighted by Crippen LogP contribution is 2.23. The predicted molar refractivity (Wildman–Crippen MR) is 65.7 cm³/mol. The number of methoxy groups -OCH3 is 1.